The summed E-state index contributed by atoms with van der Waals surface area (Å²) in [4.78, 5) is 4.19. The number of benzene rings is 2. The van der Waals surface area contributed by atoms with E-state index >= 15 is 0 Å². The van der Waals surface area contributed by atoms with Crippen LogP contribution in [0.4, 0.5) is 4.39 Å². The van der Waals surface area contributed by atoms with E-state index in [4.69, 9.17) is 0 Å². The van der Waals surface area contributed by atoms with Crippen molar-refractivity contribution < 1.29 is 14.6 Å². The molecule has 0 bridgehead atoms. The lowest BCUT2D eigenvalue weighted by Gasteiger charge is -2.07. The van der Waals surface area contributed by atoms with Crippen molar-refractivity contribution in [2.24, 2.45) is 0 Å². The molecule has 0 saturated carbocycles. The van der Waals surface area contributed by atoms with Crippen LogP contribution >= 0.6 is 0 Å². The Hall–Kier alpha value is -2.98. The van der Waals surface area contributed by atoms with Crippen molar-refractivity contribution in [1.82, 2.24) is 4.98 Å². The minimum atomic E-state index is -0.277. The molecule has 3 nitrogen and oxygen atoms in total. The lowest BCUT2D eigenvalue weighted by molar-refractivity contribution is 0.182. The van der Waals surface area contributed by atoms with Gasteiger partial charge in [0.1, 0.15) is 11.6 Å². The molecule has 1 unspecified atom stereocenters. The average molecular weight is 377 g/mol. The molecule has 0 aliphatic heterocycles. The first-order chi connectivity index (χ1) is 13.5. The zero-order valence-corrected chi connectivity index (χ0v) is 15.8. The summed E-state index contributed by atoms with van der Waals surface area (Å²) in [5.74, 6) is -0.138. The summed E-state index contributed by atoms with van der Waals surface area (Å²) < 4.78 is 14.6. The van der Waals surface area contributed by atoms with Gasteiger partial charge in [-0.25, -0.2) is 4.39 Å². The van der Waals surface area contributed by atoms with Crippen molar-refractivity contribution >= 4 is 6.08 Å². The number of halogens is 1. The third-order valence-corrected chi connectivity index (χ3v) is 4.54. The number of hydrogen-bond donors (Lipinski definition) is 2. The second kappa shape index (κ2) is 9.29. The van der Waals surface area contributed by atoms with Crippen LogP contribution in [0, 0.1) is 5.82 Å². The molecular weight excluding hydrogens is 353 g/mol. The summed E-state index contributed by atoms with van der Waals surface area (Å²) in [5, 5.41) is 18.6. The second-order valence-electron chi connectivity index (χ2n) is 6.90. The summed E-state index contributed by atoms with van der Waals surface area (Å²) in [6.45, 7) is 1.78. The highest BCUT2D eigenvalue weighted by Crippen LogP contribution is 2.27. The molecule has 0 aliphatic rings. The minimum absolute atomic E-state index is 0.125. The van der Waals surface area contributed by atoms with Crippen LogP contribution in [0.1, 0.15) is 31.7 Å². The van der Waals surface area contributed by atoms with Crippen LogP contribution in [-0.2, 0) is 0 Å². The van der Waals surface area contributed by atoms with Crippen molar-refractivity contribution in [3.8, 4) is 28.1 Å². The predicted octanol–water partition coefficient (Wildman–Crippen LogP) is 5.82. The summed E-state index contributed by atoms with van der Waals surface area (Å²) >= 11 is 0. The van der Waals surface area contributed by atoms with Crippen LogP contribution in [0.5, 0.6) is 5.75 Å². The molecule has 144 valence electrons. The topological polar surface area (TPSA) is 53.4 Å². The van der Waals surface area contributed by atoms with Crippen LogP contribution < -0.4 is 0 Å². The Balaban J connectivity index is 1.70. The van der Waals surface area contributed by atoms with Gasteiger partial charge in [0.2, 0.25) is 0 Å². The number of hydrogen-bond acceptors (Lipinski definition) is 3. The average Bonchev–Trinajstić information content (AvgIpc) is 2.68. The zero-order chi connectivity index (χ0) is 19.9. The maximum atomic E-state index is 14.6. The number of aliphatic hydroxyl groups is 1. The predicted molar refractivity (Wildman–Crippen MR) is 111 cm³/mol. The Kier molecular flexibility index (Phi) is 6.56. The molecule has 0 radical (unpaired) electrons. The molecular formula is C24H24FNO2. The van der Waals surface area contributed by atoms with Gasteiger partial charge in [0.25, 0.3) is 0 Å². The van der Waals surface area contributed by atoms with E-state index in [0.717, 1.165) is 41.6 Å². The molecule has 1 aromatic heterocycles. The number of unbranched alkanes of at least 4 members (excludes halogenated alkanes) is 1. The maximum absolute atomic E-state index is 14.6. The first-order valence-corrected chi connectivity index (χ1v) is 9.43. The van der Waals surface area contributed by atoms with E-state index < -0.39 is 0 Å². The molecule has 28 heavy (non-hydrogen) atoms. The number of nitrogens with zero attached hydrogens (tertiary/aromatic N) is 1. The van der Waals surface area contributed by atoms with Gasteiger partial charge in [0.05, 0.1) is 18.0 Å². The third kappa shape index (κ3) is 5.27. The van der Waals surface area contributed by atoms with Crippen molar-refractivity contribution in [3.63, 3.8) is 0 Å². The SMILES string of the molecule is CC(O)CCC/C=C/c1ccc(-c2ccc(-c3ccc(O)cn3)cc2)c(F)c1. The molecule has 0 aliphatic carbocycles. The van der Waals surface area contributed by atoms with Crippen molar-refractivity contribution in [2.75, 3.05) is 0 Å². The number of allylic oxidation sites excluding steroid dienone is 1. The van der Waals surface area contributed by atoms with Gasteiger partial charge in [-0.3, -0.25) is 4.98 Å². The van der Waals surface area contributed by atoms with E-state index in [9.17, 15) is 14.6 Å². The fourth-order valence-corrected chi connectivity index (χ4v) is 3.00. The van der Waals surface area contributed by atoms with Gasteiger partial charge in [-0.05, 0) is 55.5 Å². The third-order valence-electron chi connectivity index (χ3n) is 4.54. The first-order valence-electron chi connectivity index (χ1n) is 9.43. The monoisotopic (exact) mass is 377 g/mol. The van der Waals surface area contributed by atoms with Crippen LogP contribution in [0.15, 0.2) is 66.9 Å². The van der Waals surface area contributed by atoms with Crippen molar-refractivity contribution in [3.05, 3.63) is 78.3 Å². The number of aromatic hydroxyl groups is 1. The second-order valence-corrected chi connectivity index (χ2v) is 6.90. The fourth-order valence-electron chi connectivity index (χ4n) is 3.00. The molecule has 2 N–H and O–H groups in total. The van der Waals surface area contributed by atoms with E-state index in [0.29, 0.717) is 5.56 Å². The molecule has 0 spiro atoms. The normalized spacial score (nSPS) is 12.4. The Morgan fingerprint density at radius 1 is 1.04 bits per heavy atom. The van der Waals surface area contributed by atoms with Gasteiger partial charge in [-0.15, -0.1) is 0 Å². The Morgan fingerprint density at radius 3 is 2.43 bits per heavy atom. The maximum Gasteiger partial charge on any atom is 0.133 e. The Morgan fingerprint density at radius 2 is 1.79 bits per heavy atom. The van der Waals surface area contributed by atoms with Crippen molar-refractivity contribution in [2.45, 2.75) is 32.3 Å². The van der Waals surface area contributed by atoms with Gasteiger partial charge in [0.15, 0.2) is 0 Å². The van der Waals surface area contributed by atoms with Gasteiger partial charge in [0, 0.05) is 11.1 Å². The van der Waals surface area contributed by atoms with E-state index in [2.05, 4.69) is 4.98 Å². The Labute approximate surface area is 164 Å². The van der Waals surface area contributed by atoms with Crippen molar-refractivity contribution in [1.29, 1.82) is 0 Å². The quantitative estimate of drug-likeness (QED) is 0.510. The number of aromatic nitrogens is 1. The Bertz CT molecular complexity index is 932. The lowest BCUT2D eigenvalue weighted by atomic mass is 10.0. The summed E-state index contributed by atoms with van der Waals surface area (Å²) in [6.07, 6.45) is 7.59. The molecule has 3 rings (SSSR count). The summed E-state index contributed by atoms with van der Waals surface area (Å²) in [5.41, 5.74) is 3.83. The number of aliphatic hydroxyl groups excluding tert-OH is 1. The van der Waals surface area contributed by atoms with Gasteiger partial charge in [-0.1, -0.05) is 48.6 Å². The fraction of sp³-hybridized carbons (Fsp3) is 0.208. The van der Waals surface area contributed by atoms with Crippen LogP contribution in [0.2, 0.25) is 0 Å². The number of rotatable bonds is 7. The number of pyridine rings is 1. The molecule has 0 fully saturated rings. The molecule has 2 aromatic carbocycles. The van der Waals surface area contributed by atoms with Gasteiger partial charge < -0.3 is 10.2 Å². The largest absolute Gasteiger partial charge is 0.506 e. The summed E-state index contributed by atoms with van der Waals surface area (Å²) in [7, 11) is 0. The zero-order valence-electron chi connectivity index (χ0n) is 15.8. The highest BCUT2D eigenvalue weighted by atomic mass is 19.1. The van der Waals surface area contributed by atoms with E-state index in [1.807, 2.05) is 42.5 Å². The molecule has 0 amide bonds. The highest BCUT2D eigenvalue weighted by molar-refractivity contribution is 5.70. The molecule has 3 aromatic rings. The highest BCUT2D eigenvalue weighted by Gasteiger charge is 2.07. The van der Waals surface area contributed by atoms with E-state index in [1.54, 1.807) is 25.1 Å². The summed E-state index contributed by atoms with van der Waals surface area (Å²) in [6, 6.07) is 16.1. The first kappa shape index (κ1) is 19.8. The van der Waals surface area contributed by atoms with Gasteiger partial charge in [-0.2, -0.15) is 0 Å². The molecule has 1 heterocycles. The minimum Gasteiger partial charge on any atom is -0.506 e. The van der Waals surface area contributed by atoms with Crippen LogP contribution in [0.25, 0.3) is 28.5 Å². The molecule has 0 saturated heterocycles. The van der Waals surface area contributed by atoms with E-state index in [-0.39, 0.29) is 17.7 Å². The van der Waals surface area contributed by atoms with Crippen LogP contribution in [-0.4, -0.2) is 21.3 Å². The van der Waals surface area contributed by atoms with E-state index in [1.165, 1.54) is 12.3 Å². The van der Waals surface area contributed by atoms with Gasteiger partial charge >= 0.3 is 0 Å². The lowest BCUT2D eigenvalue weighted by Crippen LogP contribution is -1.97. The molecule has 1 atom stereocenters. The standard InChI is InChI=1S/C24H24FNO2/c1-17(27)5-3-2-4-6-18-7-13-22(23(25)15-18)19-8-10-20(11-9-19)24-14-12-21(28)16-26-24/h4,6-17,27-28H,2-3,5H2,1H3/b6-4+. The van der Waals surface area contributed by atoms with Crippen LogP contribution in [0.3, 0.4) is 0 Å². The molecule has 4 heteroatoms. The smallest absolute Gasteiger partial charge is 0.133 e.